The lowest BCUT2D eigenvalue weighted by molar-refractivity contribution is 0.475. The number of aryl methyl sites for hydroxylation is 1. The minimum atomic E-state index is 0.0382. The van der Waals surface area contributed by atoms with Crippen molar-refractivity contribution in [1.29, 1.82) is 5.26 Å². The molecule has 0 atom stereocenters. The highest BCUT2D eigenvalue weighted by atomic mass is 35.5. The lowest BCUT2D eigenvalue weighted by atomic mass is 10.1. The Morgan fingerprint density at radius 3 is 2.64 bits per heavy atom. The van der Waals surface area contributed by atoms with Crippen LogP contribution in [0.5, 0.6) is 5.75 Å². The van der Waals surface area contributed by atoms with E-state index in [0.717, 1.165) is 32.7 Å². The number of hydrogen-bond acceptors (Lipinski definition) is 3. The van der Waals surface area contributed by atoms with Crippen molar-refractivity contribution < 1.29 is 5.11 Å². The highest BCUT2D eigenvalue weighted by Gasteiger charge is 2.22. The zero-order chi connectivity index (χ0) is 17.6. The highest BCUT2D eigenvalue weighted by Crippen LogP contribution is 2.40. The Morgan fingerprint density at radius 2 is 1.96 bits per heavy atom. The number of rotatable bonds is 2. The third-order valence-corrected chi connectivity index (χ3v) is 5.58. The molecule has 0 radical (unpaired) electrons. The first-order valence-corrected chi connectivity index (χ1v) is 8.94. The summed E-state index contributed by atoms with van der Waals surface area (Å²) in [6.45, 7) is 2.04. The van der Waals surface area contributed by atoms with Crippen molar-refractivity contribution in [1.82, 2.24) is 4.57 Å². The highest BCUT2D eigenvalue weighted by molar-refractivity contribution is 7.13. The van der Waals surface area contributed by atoms with Crippen LogP contribution in [0, 0.1) is 18.3 Å². The first kappa shape index (κ1) is 15.8. The van der Waals surface area contributed by atoms with Crippen LogP contribution in [-0.2, 0) is 0 Å². The SMILES string of the molecule is Cc1ccsc1-c1c(C#N)c2ccccc2n1-c1ccc(O)c(Cl)c1. The van der Waals surface area contributed by atoms with Crippen LogP contribution in [0.3, 0.4) is 0 Å². The molecule has 0 saturated heterocycles. The van der Waals surface area contributed by atoms with Gasteiger partial charge in [0.25, 0.3) is 0 Å². The van der Waals surface area contributed by atoms with E-state index < -0.39 is 0 Å². The average Bonchev–Trinajstić information content (AvgIpc) is 3.17. The lowest BCUT2D eigenvalue weighted by Crippen LogP contribution is -1.97. The Labute approximate surface area is 154 Å². The zero-order valence-corrected chi connectivity index (χ0v) is 14.9. The molecule has 122 valence electrons. The van der Waals surface area contributed by atoms with E-state index in [1.807, 2.05) is 47.2 Å². The van der Waals surface area contributed by atoms with Crippen LogP contribution >= 0.6 is 22.9 Å². The van der Waals surface area contributed by atoms with Gasteiger partial charge in [-0.15, -0.1) is 11.3 Å². The molecule has 2 heterocycles. The molecule has 0 unspecified atom stereocenters. The van der Waals surface area contributed by atoms with Gasteiger partial charge in [0.1, 0.15) is 11.8 Å². The maximum atomic E-state index is 9.84. The maximum absolute atomic E-state index is 9.84. The monoisotopic (exact) mass is 364 g/mol. The number of fused-ring (bicyclic) bond motifs is 1. The van der Waals surface area contributed by atoms with Gasteiger partial charge in [-0.2, -0.15) is 5.26 Å². The first-order valence-electron chi connectivity index (χ1n) is 7.68. The molecule has 0 aliphatic rings. The van der Waals surface area contributed by atoms with Crippen LogP contribution in [0.2, 0.25) is 5.02 Å². The number of nitriles is 1. The fourth-order valence-corrected chi connectivity index (χ4v) is 4.23. The zero-order valence-electron chi connectivity index (χ0n) is 13.3. The molecule has 4 rings (SSSR count). The van der Waals surface area contributed by atoms with E-state index in [1.165, 1.54) is 0 Å². The summed E-state index contributed by atoms with van der Waals surface area (Å²) in [6.07, 6.45) is 0. The molecule has 1 N–H and O–H groups in total. The molecule has 0 spiro atoms. The fourth-order valence-electron chi connectivity index (χ4n) is 3.09. The second-order valence-electron chi connectivity index (χ2n) is 5.76. The Kier molecular flexibility index (Phi) is 3.76. The van der Waals surface area contributed by atoms with E-state index >= 15 is 0 Å². The van der Waals surface area contributed by atoms with Gasteiger partial charge in [0.05, 0.1) is 26.7 Å². The van der Waals surface area contributed by atoms with Crippen LogP contribution in [0.4, 0.5) is 0 Å². The summed E-state index contributed by atoms with van der Waals surface area (Å²) in [4.78, 5) is 1.05. The molecule has 2 aromatic heterocycles. The number of hydrogen-bond donors (Lipinski definition) is 1. The Balaban J connectivity index is 2.17. The largest absolute Gasteiger partial charge is 0.506 e. The van der Waals surface area contributed by atoms with Gasteiger partial charge >= 0.3 is 0 Å². The molecule has 4 aromatic rings. The second kappa shape index (κ2) is 5.96. The van der Waals surface area contributed by atoms with Gasteiger partial charge < -0.3 is 9.67 Å². The number of thiophene rings is 1. The first-order chi connectivity index (χ1) is 12.1. The van der Waals surface area contributed by atoms with E-state index in [4.69, 9.17) is 11.6 Å². The Hall–Kier alpha value is -2.74. The normalized spacial score (nSPS) is 10.9. The van der Waals surface area contributed by atoms with Crippen molar-refractivity contribution in [2.45, 2.75) is 6.92 Å². The van der Waals surface area contributed by atoms with Crippen molar-refractivity contribution in [2.24, 2.45) is 0 Å². The third-order valence-electron chi connectivity index (χ3n) is 4.25. The van der Waals surface area contributed by atoms with Crippen molar-refractivity contribution in [2.75, 3.05) is 0 Å². The summed E-state index contributed by atoms with van der Waals surface area (Å²) in [7, 11) is 0. The number of phenolic OH excluding ortho intramolecular Hbond substituents is 1. The summed E-state index contributed by atoms with van der Waals surface area (Å²) < 4.78 is 2.04. The van der Waals surface area contributed by atoms with Crippen molar-refractivity contribution in [3.8, 4) is 28.1 Å². The lowest BCUT2D eigenvalue weighted by Gasteiger charge is -2.12. The number of nitrogens with zero attached hydrogens (tertiary/aromatic N) is 2. The fraction of sp³-hybridized carbons (Fsp3) is 0.0500. The predicted molar refractivity (Wildman–Crippen MR) is 103 cm³/mol. The van der Waals surface area contributed by atoms with E-state index in [0.29, 0.717) is 5.56 Å². The van der Waals surface area contributed by atoms with Gasteiger partial charge in [-0.3, -0.25) is 0 Å². The van der Waals surface area contributed by atoms with Gasteiger partial charge in [-0.1, -0.05) is 29.8 Å². The minimum Gasteiger partial charge on any atom is -0.506 e. The average molecular weight is 365 g/mol. The van der Waals surface area contributed by atoms with Gasteiger partial charge in [0.15, 0.2) is 0 Å². The number of aromatic nitrogens is 1. The van der Waals surface area contributed by atoms with Crippen molar-refractivity contribution in [3.63, 3.8) is 0 Å². The van der Waals surface area contributed by atoms with Crippen LogP contribution in [-0.4, -0.2) is 9.67 Å². The topological polar surface area (TPSA) is 49.0 Å². The molecular formula is C20H13ClN2OS. The van der Waals surface area contributed by atoms with Crippen LogP contribution in [0.1, 0.15) is 11.1 Å². The number of halogens is 1. The molecule has 0 saturated carbocycles. The summed E-state index contributed by atoms with van der Waals surface area (Å²) in [5.41, 5.74) is 4.37. The molecule has 0 bridgehead atoms. The van der Waals surface area contributed by atoms with Crippen LogP contribution in [0.25, 0.3) is 27.2 Å². The third kappa shape index (κ3) is 2.41. The molecule has 25 heavy (non-hydrogen) atoms. The standard InChI is InChI=1S/C20H13ClN2OS/c1-12-8-9-25-20(12)19-15(11-22)14-4-2-3-5-17(14)23(19)13-6-7-18(24)16(21)10-13/h2-10,24H,1H3. The summed E-state index contributed by atoms with van der Waals surface area (Å²) in [5, 5.41) is 22.8. The summed E-state index contributed by atoms with van der Waals surface area (Å²) in [5.74, 6) is 0.0382. The summed E-state index contributed by atoms with van der Waals surface area (Å²) >= 11 is 7.75. The van der Waals surface area contributed by atoms with Crippen molar-refractivity contribution >= 4 is 33.8 Å². The van der Waals surface area contributed by atoms with E-state index in [-0.39, 0.29) is 10.8 Å². The van der Waals surface area contributed by atoms with E-state index in [2.05, 4.69) is 6.07 Å². The van der Waals surface area contributed by atoms with Gasteiger partial charge in [0, 0.05) is 11.1 Å². The molecule has 3 nitrogen and oxygen atoms in total. The quantitative estimate of drug-likeness (QED) is 0.481. The summed E-state index contributed by atoms with van der Waals surface area (Å²) in [6, 6.07) is 17.4. The van der Waals surface area contributed by atoms with Gasteiger partial charge in [-0.25, -0.2) is 0 Å². The molecular weight excluding hydrogens is 352 g/mol. The Bertz CT molecular complexity index is 1150. The minimum absolute atomic E-state index is 0.0382. The van der Waals surface area contributed by atoms with Crippen molar-refractivity contribution in [3.05, 3.63) is 70.1 Å². The van der Waals surface area contributed by atoms with E-state index in [1.54, 1.807) is 29.5 Å². The Morgan fingerprint density at radius 1 is 1.16 bits per heavy atom. The van der Waals surface area contributed by atoms with Crippen LogP contribution in [0.15, 0.2) is 53.9 Å². The number of aromatic hydroxyl groups is 1. The molecule has 0 aliphatic carbocycles. The number of para-hydroxylation sites is 1. The van der Waals surface area contributed by atoms with E-state index in [9.17, 15) is 10.4 Å². The number of phenols is 1. The maximum Gasteiger partial charge on any atom is 0.134 e. The molecule has 2 aromatic carbocycles. The molecule has 0 aliphatic heterocycles. The van der Waals surface area contributed by atoms with Gasteiger partial charge in [-0.05, 0) is 48.2 Å². The number of benzene rings is 2. The molecule has 0 amide bonds. The molecule has 0 fully saturated rings. The van der Waals surface area contributed by atoms with Gasteiger partial charge in [0.2, 0.25) is 0 Å². The second-order valence-corrected chi connectivity index (χ2v) is 7.08. The van der Waals surface area contributed by atoms with Crippen LogP contribution < -0.4 is 0 Å². The smallest absolute Gasteiger partial charge is 0.134 e. The molecule has 5 heteroatoms. The predicted octanol–water partition coefficient (Wildman–Crippen LogP) is 5.90.